The lowest BCUT2D eigenvalue weighted by molar-refractivity contribution is -0.125. The molecule has 0 spiro atoms. The van der Waals surface area contributed by atoms with Crippen molar-refractivity contribution in [1.29, 1.82) is 0 Å². The summed E-state index contributed by atoms with van der Waals surface area (Å²) in [5.41, 5.74) is 14.8. The fourth-order valence-corrected chi connectivity index (χ4v) is 3.55. The molecule has 1 aliphatic carbocycles. The van der Waals surface area contributed by atoms with Gasteiger partial charge in [0.15, 0.2) is 0 Å². The lowest BCUT2D eigenvalue weighted by atomic mass is 9.81. The van der Waals surface area contributed by atoms with Crippen LogP contribution in [0.25, 0.3) is 0 Å². The molecule has 0 bridgehead atoms. The Morgan fingerprint density at radius 2 is 1.00 bits per heavy atom. The Kier molecular flexibility index (Phi) is 6.79. The van der Waals surface area contributed by atoms with E-state index < -0.39 is 0 Å². The number of nitrogens with one attached hydrogen (secondary N) is 2. The molecule has 0 atom stereocenters. The Morgan fingerprint density at radius 1 is 0.679 bits per heavy atom. The summed E-state index contributed by atoms with van der Waals surface area (Å²) in [5.74, 6) is -0.0578. The molecule has 0 radical (unpaired) electrons. The van der Waals surface area contributed by atoms with Gasteiger partial charge in [0.25, 0.3) is 0 Å². The first kappa shape index (κ1) is 20.0. The molecule has 0 heterocycles. The second-order valence-electron chi connectivity index (χ2n) is 7.33. The van der Waals surface area contributed by atoms with Crippen molar-refractivity contribution in [2.24, 2.45) is 23.3 Å². The SMILES string of the molecule is NCc1ccc(NC(=O)[C@H]2CC[C@H](C(=O)Nc3ccc(CN)cc3)CC2)cc1. The highest BCUT2D eigenvalue weighted by Gasteiger charge is 2.30. The first-order valence-corrected chi connectivity index (χ1v) is 9.78. The lowest BCUT2D eigenvalue weighted by Crippen LogP contribution is -2.32. The van der Waals surface area contributed by atoms with Crippen molar-refractivity contribution in [2.75, 3.05) is 10.6 Å². The van der Waals surface area contributed by atoms with E-state index >= 15 is 0 Å². The van der Waals surface area contributed by atoms with Crippen LogP contribution in [0.15, 0.2) is 48.5 Å². The molecule has 2 aromatic carbocycles. The average molecular weight is 380 g/mol. The Bertz CT molecular complexity index is 725. The van der Waals surface area contributed by atoms with Crippen molar-refractivity contribution >= 4 is 23.2 Å². The largest absolute Gasteiger partial charge is 0.326 e. The van der Waals surface area contributed by atoms with Gasteiger partial charge < -0.3 is 22.1 Å². The van der Waals surface area contributed by atoms with Gasteiger partial charge in [-0.1, -0.05) is 24.3 Å². The summed E-state index contributed by atoms with van der Waals surface area (Å²) in [6.07, 6.45) is 2.88. The minimum absolute atomic E-state index is 0.0247. The molecule has 1 fully saturated rings. The summed E-state index contributed by atoms with van der Waals surface area (Å²) in [6.45, 7) is 0.967. The maximum atomic E-state index is 12.5. The second-order valence-corrected chi connectivity index (χ2v) is 7.33. The van der Waals surface area contributed by atoms with Crippen LogP contribution in [0.5, 0.6) is 0 Å². The third kappa shape index (κ3) is 5.18. The first-order valence-electron chi connectivity index (χ1n) is 9.78. The molecule has 148 valence electrons. The highest BCUT2D eigenvalue weighted by Crippen LogP contribution is 2.30. The van der Waals surface area contributed by atoms with E-state index in [0.29, 0.717) is 13.1 Å². The van der Waals surface area contributed by atoms with Crippen LogP contribution in [0.3, 0.4) is 0 Å². The molecule has 6 nitrogen and oxygen atoms in total. The van der Waals surface area contributed by atoms with Crippen molar-refractivity contribution in [3.63, 3.8) is 0 Å². The Balaban J connectivity index is 1.47. The smallest absolute Gasteiger partial charge is 0.227 e. The van der Waals surface area contributed by atoms with Crippen LogP contribution in [0.1, 0.15) is 36.8 Å². The average Bonchev–Trinajstić information content (AvgIpc) is 2.75. The third-order valence-corrected chi connectivity index (χ3v) is 5.38. The minimum Gasteiger partial charge on any atom is -0.326 e. The van der Waals surface area contributed by atoms with Crippen LogP contribution >= 0.6 is 0 Å². The molecule has 1 aliphatic rings. The molecular formula is C22H28N4O2. The predicted octanol–water partition coefficient (Wildman–Crippen LogP) is 2.99. The van der Waals surface area contributed by atoms with Gasteiger partial charge in [0.05, 0.1) is 0 Å². The summed E-state index contributed by atoms with van der Waals surface area (Å²) in [7, 11) is 0. The standard InChI is InChI=1S/C22H28N4O2/c23-13-15-1-9-19(10-2-15)25-21(27)17-5-7-18(8-6-17)22(28)26-20-11-3-16(14-24)4-12-20/h1-4,9-12,17-18H,5-8,13-14,23-24H2,(H,25,27)(H,26,28)/t17-,18-. The number of amides is 2. The minimum atomic E-state index is -0.0536. The fourth-order valence-electron chi connectivity index (χ4n) is 3.55. The summed E-state index contributed by atoms with van der Waals surface area (Å²) in [4.78, 5) is 25.0. The van der Waals surface area contributed by atoms with Crippen LogP contribution in [-0.4, -0.2) is 11.8 Å². The zero-order valence-corrected chi connectivity index (χ0v) is 16.0. The molecule has 3 rings (SSSR count). The summed E-state index contributed by atoms with van der Waals surface area (Å²) < 4.78 is 0. The van der Waals surface area contributed by atoms with Crippen LogP contribution in [0, 0.1) is 11.8 Å². The molecule has 0 aromatic heterocycles. The Labute approximate surface area is 165 Å². The molecule has 6 heteroatoms. The highest BCUT2D eigenvalue weighted by molar-refractivity contribution is 5.94. The molecule has 6 N–H and O–H groups in total. The van der Waals surface area contributed by atoms with Crippen LogP contribution in [0.2, 0.25) is 0 Å². The number of anilines is 2. The third-order valence-electron chi connectivity index (χ3n) is 5.38. The number of hydrogen-bond acceptors (Lipinski definition) is 4. The molecule has 0 aliphatic heterocycles. The van der Waals surface area contributed by atoms with E-state index in [1.807, 2.05) is 48.5 Å². The number of hydrogen-bond donors (Lipinski definition) is 4. The lowest BCUT2D eigenvalue weighted by Gasteiger charge is -2.27. The molecule has 0 saturated heterocycles. The van der Waals surface area contributed by atoms with Gasteiger partial charge in [0.2, 0.25) is 11.8 Å². The highest BCUT2D eigenvalue weighted by atomic mass is 16.2. The van der Waals surface area contributed by atoms with Gasteiger partial charge in [-0.2, -0.15) is 0 Å². The van der Waals surface area contributed by atoms with E-state index in [1.54, 1.807) is 0 Å². The predicted molar refractivity (Wildman–Crippen MR) is 111 cm³/mol. The van der Waals surface area contributed by atoms with Gasteiger partial charge in [0.1, 0.15) is 0 Å². The number of rotatable bonds is 6. The second kappa shape index (κ2) is 9.48. The molecule has 0 unspecified atom stereocenters. The number of carbonyl (C=O) groups is 2. The van der Waals surface area contributed by atoms with E-state index in [9.17, 15) is 9.59 Å². The van der Waals surface area contributed by atoms with Gasteiger partial charge in [0, 0.05) is 36.3 Å². The summed E-state index contributed by atoms with van der Waals surface area (Å²) >= 11 is 0. The van der Waals surface area contributed by atoms with Crippen molar-refractivity contribution in [2.45, 2.75) is 38.8 Å². The topological polar surface area (TPSA) is 110 Å². The van der Waals surface area contributed by atoms with E-state index in [2.05, 4.69) is 10.6 Å². The van der Waals surface area contributed by atoms with Crippen molar-refractivity contribution in [3.05, 3.63) is 59.7 Å². The van der Waals surface area contributed by atoms with Crippen molar-refractivity contribution in [1.82, 2.24) is 0 Å². The van der Waals surface area contributed by atoms with Crippen molar-refractivity contribution in [3.8, 4) is 0 Å². The van der Waals surface area contributed by atoms with E-state index in [1.165, 1.54) is 0 Å². The first-order chi connectivity index (χ1) is 13.6. The molecule has 28 heavy (non-hydrogen) atoms. The van der Waals surface area contributed by atoms with Gasteiger partial charge in [-0.05, 0) is 61.1 Å². The molecular weight excluding hydrogens is 352 g/mol. The number of carbonyl (C=O) groups excluding carboxylic acids is 2. The van der Waals surface area contributed by atoms with Gasteiger partial charge in [-0.3, -0.25) is 9.59 Å². The Hall–Kier alpha value is -2.70. The zero-order valence-electron chi connectivity index (χ0n) is 16.0. The Morgan fingerprint density at radius 3 is 1.29 bits per heavy atom. The van der Waals surface area contributed by atoms with Crippen LogP contribution in [0.4, 0.5) is 11.4 Å². The summed E-state index contributed by atoms with van der Waals surface area (Å²) in [6, 6.07) is 15.1. The van der Waals surface area contributed by atoms with Gasteiger partial charge in [-0.25, -0.2) is 0 Å². The van der Waals surface area contributed by atoms with E-state index in [0.717, 1.165) is 48.2 Å². The molecule has 2 amide bonds. The maximum absolute atomic E-state index is 12.5. The monoisotopic (exact) mass is 380 g/mol. The van der Waals surface area contributed by atoms with Crippen LogP contribution in [-0.2, 0) is 22.7 Å². The summed E-state index contributed by atoms with van der Waals surface area (Å²) in [5, 5.41) is 5.93. The molecule has 2 aromatic rings. The molecule has 1 saturated carbocycles. The van der Waals surface area contributed by atoms with E-state index in [4.69, 9.17) is 11.5 Å². The van der Waals surface area contributed by atoms with Gasteiger partial charge >= 0.3 is 0 Å². The van der Waals surface area contributed by atoms with E-state index in [-0.39, 0.29) is 23.7 Å². The number of benzene rings is 2. The zero-order chi connectivity index (χ0) is 19.9. The fraction of sp³-hybridized carbons (Fsp3) is 0.364. The number of nitrogens with two attached hydrogens (primary N) is 2. The maximum Gasteiger partial charge on any atom is 0.227 e. The normalized spacial score (nSPS) is 19.1. The van der Waals surface area contributed by atoms with Crippen LogP contribution < -0.4 is 22.1 Å². The van der Waals surface area contributed by atoms with Gasteiger partial charge in [-0.15, -0.1) is 0 Å². The van der Waals surface area contributed by atoms with Crippen molar-refractivity contribution < 1.29 is 9.59 Å². The quantitative estimate of drug-likeness (QED) is 0.617.